The minimum atomic E-state index is -0.741. The molecule has 0 saturated heterocycles. The van der Waals surface area contributed by atoms with Crippen molar-refractivity contribution in [2.45, 2.75) is 32.6 Å². The van der Waals surface area contributed by atoms with E-state index >= 15 is 0 Å². The van der Waals surface area contributed by atoms with E-state index in [-0.39, 0.29) is 17.6 Å². The van der Waals surface area contributed by atoms with Crippen LogP contribution in [0.15, 0.2) is 12.1 Å². The van der Waals surface area contributed by atoms with Crippen LogP contribution in [0.3, 0.4) is 0 Å². The molecule has 0 aromatic heterocycles. The van der Waals surface area contributed by atoms with Gasteiger partial charge in [0.15, 0.2) is 0 Å². The van der Waals surface area contributed by atoms with E-state index in [9.17, 15) is 13.9 Å². The summed E-state index contributed by atoms with van der Waals surface area (Å²) in [5, 5.41) is 9.43. The Morgan fingerprint density at radius 2 is 1.69 bits per heavy atom. The molecule has 1 unspecified atom stereocenters. The first-order valence-electron chi connectivity index (χ1n) is 5.41. The quantitative estimate of drug-likeness (QED) is 0.822. The van der Waals surface area contributed by atoms with Gasteiger partial charge >= 0.3 is 0 Å². The number of benzene rings is 1. The molecule has 0 heterocycles. The Bertz CT molecular complexity index is 417. The van der Waals surface area contributed by atoms with Gasteiger partial charge < -0.3 is 5.11 Å². The molecule has 1 fully saturated rings. The zero-order valence-corrected chi connectivity index (χ0v) is 9.77. The van der Waals surface area contributed by atoms with Crippen molar-refractivity contribution in [3.8, 4) is 0 Å². The third-order valence-corrected chi connectivity index (χ3v) is 3.85. The molecule has 16 heavy (non-hydrogen) atoms. The molecule has 1 saturated carbocycles. The van der Waals surface area contributed by atoms with Crippen LogP contribution in [0.1, 0.15) is 31.4 Å². The first-order chi connectivity index (χ1) is 7.34. The lowest BCUT2D eigenvalue weighted by Crippen LogP contribution is -2.22. The zero-order valence-electron chi connectivity index (χ0n) is 9.77. The Kier molecular flexibility index (Phi) is 2.35. The molecule has 0 radical (unpaired) electrons. The van der Waals surface area contributed by atoms with Crippen molar-refractivity contribution in [2.75, 3.05) is 6.61 Å². The van der Waals surface area contributed by atoms with Crippen LogP contribution in [-0.4, -0.2) is 11.7 Å². The second-order valence-corrected chi connectivity index (χ2v) is 5.40. The number of rotatable bonds is 2. The van der Waals surface area contributed by atoms with Crippen LogP contribution in [0.5, 0.6) is 0 Å². The average molecular weight is 226 g/mol. The summed E-state index contributed by atoms with van der Waals surface area (Å²) < 4.78 is 27.7. The molecule has 1 N–H and O–H groups in total. The maximum Gasteiger partial charge on any atom is 0.130 e. The molecule has 2 rings (SSSR count). The summed E-state index contributed by atoms with van der Waals surface area (Å²) in [4.78, 5) is 0. The van der Waals surface area contributed by atoms with Crippen molar-refractivity contribution in [2.24, 2.45) is 5.41 Å². The second-order valence-electron chi connectivity index (χ2n) is 5.40. The third-order valence-electron chi connectivity index (χ3n) is 3.85. The van der Waals surface area contributed by atoms with Gasteiger partial charge in [0.2, 0.25) is 0 Å². The van der Waals surface area contributed by atoms with E-state index in [1.807, 2.05) is 13.8 Å². The number of hydrogen-bond donors (Lipinski definition) is 1. The van der Waals surface area contributed by atoms with Gasteiger partial charge in [-0.3, -0.25) is 0 Å². The van der Waals surface area contributed by atoms with Crippen molar-refractivity contribution >= 4 is 0 Å². The fourth-order valence-corrected chi connectivity index (χ4v) is 2.64. The SMILES string of the molecule is Cc1cc(F)c(C2(CO)CC2(C)C)c(F)c1. The van der Waals surface area contributed by atoms with Crippen LogP contribution in [0.25, 0.3) is 0 Å². The molecular weight excluding hydrogens is 210 g/mol. The van der Waals surface area contributed by atoms with Crippen molar-refractivity contribution < 1.29 is 13.9 Å². The number of aliphatic hydroxyl groups excluding tert-OH is 1. The summed E-state index contributed by atoms with van der Waals surface area (Å²) >= 11 is 0. The van der Waals surface area contributed by atoms with E-state index in [1.54, 1.807) is 6.92 Å². The summed E-state index contributed by atoms with van der Waals surface area (Å²) in [5.41, 5.74) is -0.371. The maximum atomic E-state index is 13.8. The number of aryl methyl sites for hydroxylation is 1. The van der Waals surface area contributed by atoms with E-state index in [0.29, 0.717) is 12.0 Å². The first kappa shape index (κ1) is 11.5. The van der Waals surface area contributed by atoms with Crippen molar-refractivity contribution in [1.29, 1.82) is 0 Å². The predicted octanol–water partition coefficient (Wildman–Crippen LogP) is 2.93. The summed E-state index contributed by atoms with van der Waals surface area (Å²) in [6, 6.07) is 2.65. The lowest BCUT2D eigenvalue weighted by Gasteiger charge is -2.20. The van der Waals surface area contributed by atoms with Crippen LogP contribution >= 0.6 is 0 Å². The molecular formula is C13H16F2O. The van der Waals surface area contributed by atoms with Gasteiger partial charge in [-0.15, -0.1) is 0 Å². The van der Waals surface area contributed by atoms with E-state index in [1.165, 1.54) is 12.1 Å². The summed E-state index contributed by atoms with van der Waals surface area (Å²) in [5.74, 6) is -1.09. The van der Waals surface area contributed by atoms with E-state index in [0.717, 1.165) is 0 Å². The monoisotopic (exact) mass is 226 g/mol. The summed E-state index contributed by atoms with van der Waals surface area (Å²) in [6.45, 7) is 5.28. The molecule has 0 bridgehead atoms. The molecule has 1 nitrogen and oxygen atoms in total. The van der Waals surface area contributed by atoms with E-state index in [4.69, 9.17) is 0 Å². The van der Waals surface area contributed by atoms with Gasteiger partial charge in [0.25, 0.3) is 0 Å². The van der Waals surface area contributed by atoms with Gasteiger partial charge in [0.05, 0.1) is 6.61 Å². The van der Waals surface area contributed by atoms with E-state index in [2.05, 4.69) is 0 Å². The van der Waals surface area contributed by atoms with E-state index < -0.39 is 17.0 Å². The van der Waals surface area contributed by atoms with Gasteiger partial charge in [-0.1, -0.05) is 13.8 Å². The van der Waals surface area contributed by atoms with Gasteiger partial charge in [-0.05, 0) is 36.5 Å². The molecule has 3 heteroatoms. The lowest BCUT2D eigenvalue weighted by molar-refractivity contribution is 0.224. The predicted molar refractivity (Wildman–Crippen MR) is 58.3 cm³/mol. The number of halogens is 2. The number of hydrogen-bond acceptors (Lipinski definition) is 1. The second kappa shape index (κ2) is 3.27. The highest BCUT2D eigenvalue weighted by Crippen LogP contribution is 2.64. The fraction of sp³-hybridized carbons (Fsp3) is 0.538. The van der Waals surface area contributed by atoms with Gasteiger partial charge in [-0.25, -0.2) is 8.78 Å². The molecule has 1 aromatic rings. The van der Waals surface area contributed by atoms with Crippen LogP contribution < -0.4 is 0 Å². The Labute approximate surface area is 94.1 Å². The van der Waals surface area contributed by atoms with Gasteiger partial charge in [-0.2, -0.15) is 0 Å². The minimum Gasteiger partial charge on any atom is -0.395 e. The highest BCUT2D eigenvalue weighted by atomic mass is 19.1. The van der Waals surface area contributed by atoms with Gasteiger partial charge in [0, 0.05) is 11.0 Å². The topological polar surface area (TPSA) is 20.2 Å². The molecule has 1 aliphatic carbocycles. The molecule has 0 amide bonds. The van der Waals surface area contributed by atoms with Crippen molar-refractivity contribution in [1.82, 2.24) is 0 Å². The minimum absolute atomic E-state index is 0.0469. The Balaban J connectivity index is 2.58. The zero-order chi connectivity index (χ0) is 12.1. The molecule has 1 atom stereocenters. The summed E-state index contributed by atoms with van der Waals surface area (Å²) in [6.07, 6.45) is 0.618. The Morgan fingerprint density at radius 3 is 2.00 bits per heavy atom. The largest absolute Gasteiger partial charge is 0.395 e. The average Bonchev–Trinajstić information content (AvgIpc) is 2.67. The molecule has 0 aliphatic heterocycles. The highest BCUT2D eigenvalue weighted by Gasteiger charge is 2.63. The number of aliphatic hydroxyl groups is 1. The normalized spacial score (nSPS) is 26.9. The fourth-order valence-electron chi connectivity index (χ4n) is 2.64. The van der Waals surface area contributed by atoms with Crippen LogP contribution in [0.4, 0.5) is 8.78 Å². The smallest absolute Gasteiger partial charge is 0.130 e. The molecule has 1 aromatic carbocycles. The Morgan fingerprint density at radius 1 is 1.25 bits per heavy atom. The highest BCUT2D eigenvalue weighted by molar-refractivity contribution is 5.40. The molecule has 1 aliphatic rings. The first-order valence-corrected chi connectivity index (χ1v) is 5.41. The standard InChI is InChI=1S/C13H16F2O/c1-8-4-9(14)11(10(15)5-8)13(7-16)6-12(13,2)3/h4-5,16H,6-7H2,1-3H3. The summed E-state index contributed by atoms with van der Waals surface area (Å²) in [7, 11) is 0. The van der Waals surface area contributed by atoms with Crippen molar-refractivity contribution in [3.63, 3.8) is 0 Å². The third kappa shape index (κ3) is 1.38. The van der Waals surface area contributed by atoms with Gasteiger partial charge in [0.1, 0.15) is 11.6 Å². The van der Waals surface area contributed by atoms with Crippen molar-refractivity contribution in [3.05, 3.63) is 34.9 Å². The molecule has 88 valence electrons. The lowest BCUT2D eigenvalue weighted by atomic mass is 9.87. The maximum absolute atomic E-state index is 13.8. The molecule has 0 spiro atoms. The van der Waals surface area contributed by atoms with Crippen LogP contribution in [0.2, 0.25) is 0 Å². The van der Waals surface area contributed by atoms with Crippen LogP contribution in [0, 0.1) is 24.0 Å². The Hall–Kier alpha value is -0.960. The van der Waals surface area contributed by atoms with Crippen LogP contribution in [-0.2, 0) is 5.41 Å².